The largest absolute Gasteiger partial charge is 0.0848 e. The van der Waals surface area contributed by atoms with Gasteiger partial charge < -0.3 is 0 Å². The zero-order valence-corrected chi connectivity index (χ0v) is 13.7. The van der Waals surface area contributed by atoms with Gasteiger partial charge >= 0.3 is 0 Å². The lowest BCUT2D eigenvalue weighted by Gasteiger charge is -2.12. The zero-order valence-electron chi connectivity index (χ0n) is 13.0. The quantitative estimate of drug-likeness (QED) is 0.522. The van der Waals surface area contributed by atoms with Crippen molar-refractivity contribution in [1.82, 2.24) is 0 Å². The molecule has 0 spiro atoms. The first kappa shape index (κ1) is 15.4. The second-order valence-electron chi connectivity index (χ2n) is 5.53. The van der Waals surface area contributed by atoms with Crippen molar-refractivity contribution in [3.05, 3.63) is 106 Å². The van der Waals surface area contributed by atoms with E-state index in [9.17, 15) is 0 Å². The topological polar surface area (TPSA) is 0 Å². The Hall–Kier alpha value is -2.49. The third-order valence-corrected chi connectivity index (χ3v) is 4.00. The molecule has 0 bridgehead atoms. The number of hydrogen-bond acceptors (Lipinski definition) is 0. The molecule has 0 saturated heterocycles. The maximum Gasteiger partial charge on any atom is 0.0705 e. The maximum absolute atomic E-state index is 6.01. The predicted molar refractivity (Wildman–Crippen MR) is 97.8 cm³/mol. The molecule has 1 atom stereocenters. The van der Waals surface area contributed by atoms with Gasteiger partial charge in [-0.2, -0.15) is 0 Å². The van der Waals surface area contributed by atoms with E-state index in [1.165, 1.54) is 11.1 Å². The van der Waals surface area contributed by atoms with Crippen LogP contribution in [0.1, 0.15) is 28.2 Å². The summed E-state index contributed by atoms with van der Waals surface area (Å²) in [5.41, 5.74) is 4.62. The van der Waals surface area contributed by atoms with Crippen LogP contribution >= 0.6 is 11.6 Å². The molecule has 3 aromatic rings. The third-order valence-electron chi connectivity index (χ3n) is 3.75. The lowest BCUT2D eigenvalue weighted by atomic mass is 9.91. The lowest BCUT2D eigenvalue weighted by Crippen LogP contribution is -1.98. The molecule has 0 amide bonds. The number of halogens is 1. The van der Waals surface area contributed by atoms with Crippen LogP contribution in [0.4, 0.5) is 0 Å². The fourth-order valence-corrected chi connectivity index (χ4v) is 2.58. The Morgan fingerprint density at radius 3 is 2.00 bits per heavy atom. The Labute approximate surface area is 142 Å². The molecule has 112 valence electrons. The Bertz CT molecular complexity index is 819. The van der Waals surface area contributed by atoms with Gasteiger partial charge in [0, 0.05) is 10.6 Å². The molecule has 0 aliphatic carbocycles. The first-order chi connectivity index (χ1) is 11.2. The van der Waals surface area contributed by atoms with Crippen LogP contribution in [0.3, 0.4) is 0 Å². The highest BCUT2D eigenvalue weighted by molar-refractivity contribution is 6.30. The molecule has 0 radical (unpaired) electrons. The van der Waals surface area contributed by atoms with E-state index < -0.39 is 0 Å². The average molecular weight is 317 g/mol. The first-order valence-corrected chi connectivity index (χ1v) is 7.99. The van der Waals surface area contributed by atoms with Crippen molar-refractivity contribution >= 4 is 11.6 Å². The van der Waals surface area contributed by atoms with Crippen molar-refractivity contribution in [3.8, 4) is 11.8 Å². The molecule has 0 aliphatic heterocycles. The Kier molecular flexibility index (Phi) is 4.81. The minimum Gasteiger partial charge on any atom is -0.0848 e. The number of rotatable bonds is 2. The van der Waals surface area contributed by atoms with Crippen molar-refractivity contribution < 1.29 is 0 Å². The Morgan fingerprint density at radius 1 is 0.739 bits per heavy atom. The lowest BCUT2D eigenvalue weighted by molar-refractivity contribution is 1.06. The second kappa shape index (κ2) is 7.18. The second-order valence-corrected chi connectivity index (χ2v) is 5.97. The van der Waals surface area contributed by atoms with Crippen LogP contribution < -0.4 is 0 Å². The summed E-state index contributed by atoms with van der Waals surface area (Å²) < 4.78 is 0. The molecular formula is C22H17Cl. The van der Waals surface area contributed by atoms with Crippen molar-refractivity contribution in [2.75, 3.05) is 0 Å². The van der Waals surface area contributed by atoms with Crippen LogP contribution in [0, 0.1) is 18.8 Å². The van der Waals surface area contributed by atoms with Gasteiger partial charge in [-0.3, -0.25) is 0 Å². The number of hydrogen-bond donors (Lipinski definition) is 0. The third kappa shape index (κ3) is 4.03. The summed E-state index contributed by atoms with van der Waals surface area (Å²) in [6, 6.07) is 26.6. The SMILES string of the molecule is Cc1ccc(C#CC(c2ccccc2)c2ccc(Cl)cc2)cc1. The van der Waals surface area contributed by atoms with E-state index in [-0.39, 0.29) is 5.92 Å². The van der Waals surface area contributed by atoms with Gasteiger partial charge in [0.25, 0.3) is 0 Å². The van der Waals surface area contributed by atoms with Crippen molar-refractivity contribution in [2.24, 2.45) is 0 Å². The van der Waals surface area contributed by atoms with Gasteiger partial charge in [-0.05, 0) is 42.3 Å². The van der Waals surface area contributed by atoms with Gasteiger partial charge in [-0.25, -0.2) is 0 Å². The smallest absolute Gasteiger partial charge is 0.0705 e. The summed E-state index contributed by atoms with van der Waals surface area (Å²) in [6.45, 7) is 2.08. The van der Waals surface area contributed by atoms with Crippen molar-refractivity contribution in [2.45, 2.75) is 12.8 Å². The molecule has 0 N–H and O–H groups in total. The van der Waals surface area contributed by atoms with E-state index in [0.29, 0.717) is 0 Å². The molecule has 0 aliphatic rings. The molecule has 1 heteroatoms. The van der Waals surface area contributed by atoms with E-state index >= 15 is 0 Å². The zero-order chi connectivity index (χ0) is 16.1. The highest BCUT2D eigenvalue weighted by Crippen LogP contribution is 2.25. The summed E-state index contributed by atoms with van der Waals surface area (Å²) in [5.74, 6) is 6.75. The van der Waals surface area contributed by atoms with E-state index in [2.05, 4.69) is 55.2 Å². The summed E-state index contributed by atoms with van der Waals surface area (Å²) in [4.78, 5) is 0. The molecule has 3 rings (SSSR count). The van der Waals surface area contributed by atoms with Crippen LogP contribution in [-0.2, 0) is 0 Å². The molecule has 0 heterocycles. The molecule has 0 saturated carbocycles. The molecule has 23 heavy (non-hydrogen) atoms. The molecule has 1 unspecified atom stereocenters. The van der Waals surface area contributed by atoms with E-state index in [0.717, 1.165) is 16.1 Å². The molecular weight excluding hydrogens is 300 g/mol. The van der Waals surface area contributed by atoms with Crippen LogP contribution in [0.2, 0.25) is 5.02 Å². The Morgan fingerprint density at radius 2 is 1.35 bits per heavy atom. The van der Waals surface area contributed by atoms with Crippen molar-refractivity contribution in [3.63, 3.8) is 0 Å². The van der Waals surface area contributed by atoms with Crippen molar-refractivity contribution in [1.29, 1.82) is 0 Å². The first-order valence-electron chi connectivity index (χ1n) is 7.61. The number of benzene rings is 3. The summed E-state index contributed by atoms with van der Waals surface area (Å²) >= 11 is 6.01. The van der Waals surface area contributed by atoms with Gasteiger partial charge in [-0.15, -0.1) is 0 Å². The standard InChI is InChI=1S/C22H17Cl/c1-17-7-9-18(10-8-17)11-16-22(19-5-3-2-4-6-19)20-12-14-21(23)15-13-20/h2-10,12-15,22H,1H3. The molecule has 0 fully saturated rings. The highest BCUT2D eigenvalue weighted by atomic mass is 35.5. The summed E-state index contributed by atoms with van der Waals surface area (Å²) in [6.07, 6.45) is 0. The van der Waals surface area contributed by atoms with Gasteiger partial charge in [0.1, 0.15) is 0 Å². The van der Waals surface area contributed by atoms with E-state index in [4.69, 9.17) is 11.6 Å². The van der Waals surface area contributed by atoms with Gasteiger partial charge in [0.2, 0.25) is 0 Å². The minimum atomic E-state index is 0.0368. The van der Waals surface area contributed by atoms with E-state index in [1.54, 1.807) is 0 Å². The summed E-state index contributed by atoms with van der Waals surface area (Å²) in [7, 11) is 0. The van der Waals surface area contributed by atoms with E-state index in [1.807, 2.05) is 42.5 Å². The van der Waals surface area contributed by atoms with Gasteiger partial charge in [0.05, 0.1) is 5.92 Å². The van der Waals surface area contributed by atoms with Gasteiger partial charge in [-0.1, -0.05) is 83.6 Å². The highest BCUT2D eigenvalue weighted by Gasteiger charge is 2.10. The van der Waals surface area contributed by atoms with Crippen LogP contribution in [0.5, 0.6) is 0 Å². The molecule has 0 nitrogen and oxygen atoms in total. The van der Waals surface area contributed by atoms with Crippen LogP contribution in [0.25, 0.3) is 0 Å². The molecule has 3 aromatic carbocycles. The fraction of sp³-hybridized carbons (Fsp3) is 0.0909. The predicted octanol–water partition coefficient (Wildman–Crippen LogP) is 5.83. The average Bonchev–Trinajstić information content (AvgIpc) is 2.59. The summed E-state index contributed by atoms with van der Waals surface area (Å²) in [5, 5.41) is 0.743. The Balaban J connectivity index is 1.99. The fourth-order valence-electron chi connectivity index (χ4n) is 2.45. The van der Waals surface area contributed by atoms with Gasteiger partial charge in [0.15, 0.2) is 0 Å². The van der Waals surface area contributed by atoms with Crippen LogP contribution in [-0.4, -0.2) is 0 Å². The number of aryl methyl sites for hydroxylation is 1. The normalized spacial score (nSPS) is 11.4. The van der Waals surface area contributed by atoms with Crippen LogP contribution in [0.15, 0.2) is 78.9 Å². The maximum atomic E-state index is 6.01. The molecule has 0 aromatic heterocycles. The monoisotopic (exact) mass is 316 g/mol. The minimum absolute atomic E-state index is 0.0368.